The van der Waals surface area contributed by atoms with E-state index in [1.807, 2.05) is 6.92 Å². The Bertz CT molecular complexity index is 509. The number of rotatable bonds is 8. The number of unbranched alkanes of at least 4 members (excludes halogenated alkanes) is 1. The predicted octanol–water partition coefficient (Wildman–Crippen LogP) is 3.24. The molecule has 2 atom stereocenters. The second kappa shape index (κ2) is 7.67. The van der Waals surface area contributed by atoms with Gasteiger partial charge in [0.05, 0.1) is 18.4 Å². The van der Waals surface area contributed by atoms with Gasteiger partial charge in [-0.05, 0) is 31.9 Å². The van der Waals surface area contributed by atoms with E-state index in [1.54, 1.807) is 32.0 Å². The van der Waals surface area contributed by atoms with E-state index in [1.165, 1.54) is 0 Å². The number of benzene rings is 1. The highest BCUT2D eigenvalue weighted by atomic mass is 16.5. The van der Waals surface area contributed by atoms with Gasteiger partial charge in [0.25, 0.3) is 0 Å². The van der Waals surface area contributed by atoms with E-state index in [4.69, 9.17) is 4.74 Å². The van der Waals surface area contributed by atoms with Gasteiger partial charge in [-0.1, -0.05) is 25.5 Å². The molecular formula is C16H22O5. The zero-order valence-electron chi connectivity index (χ0n) is 12.6. The Labute approximate surface area is 124 Å². The van der Waals surface area contributed by atoms with Crippen LogP contribution in [0, 0.1) is 0 Å². The summed E-state index contributed by atoms with van der Waals surface area (Å²) in [7, 11) is 0. The minimum atomic E-state index is -1.000. The van der Waals surface area contributed by atoms with Crippen molar-refractivity contribution in [2.24, 2.45) is 0 Å². The molecule has 5 heteroatoms. The molecule has 116 valence electrons. The molecule has 0 heterocycles. The zero-order chi connectivity index (χ0) is 16.0. The number of aliphatic carboxylic acids is 2. The van der Waals surface area contributed by atoms with Crippen LogP contribution in [0.4, 0.5) is 0 Å². The van der Waals surface area contributed by atoms with Crippen LogP contribution >= 0.6 is 0 Å². The summed E-state index contributed by atoms with van der Waals surface area (Å²) in [4.78, 5) is 22.6. The molecule has 0 aliphatic heterocycles. The van der Waals surface area contributed by atoms with Crippen LogP contribution < -0.4 is 4.74 Å². The van der Waals surface area contributed by atoms with Gasteiger partial charge in [0, 0.05) is 5.56 Å². The Morgan fingerprint density at radius 2 is 1.76 bits per heavy atom. The van der Waals surface area contributed by atoms with Crippen molar-refractivity contribution in [2.45, 2.75) is 45.4 Å². The summed E-state index contributed by atoms with van der Waals surface area (Å²) in [6.45, 7) is 5.61. The average Bonchev–Trinajstić information content (AvgIpc) is 2.45. The van der Waals surface area contributed by atoms with Crippen molar-refractivity contribution in [1.29, 1.82) is 0 Å². The lowest BCUT2D eigenvalue weighted by atomic mass is 9.88. The molecule has 0 fully saturated rings. The summed E-state index contributed by atoms with van der Waals surface area (Å²) >= 11 is 0. The van der Waals surface area contributed by atoms with Gasteiger partial charge in [0.15, 0.2) is 0 Å². The van der Waals surface area contributed by atoms with E-state index in [9.17, 15) is 19.8 Å². The molecule has 5 nitrogen and oxygen atoms in total. The van der Waals surface area contributed by atoms with Crippen molar-refractivity contribution in [3.8, 4) is 5.75 Å². The molecule has 0 spiro atoms. The van der Waals surface area contributed by atoms with Gasteiger partial charge in [0.2, 0.25) is 0 Å². The summed E-state index contributed by atoms with van der Waals surface area (Å²) < 4.78 is 5.66. The van der Waals surface area contributed by atoms with Crippen molar-refractivity contribution in [3.05, 3.63) is 29.3 Å². The number of carbonyl (C=O) groups is 2. The van der Waals surface area contributed by atoms with Crippen LogP contribution in [0.15, 0.2) is 18.2 Å². The highest BCUT2D eigenvalue weighted by molar-refractivity contribution is 5.81. The van der Waals surface area contributed by atoms with Gasteiger partial charge in [-0.3, -0.25) is 9.59 Å². The third-order valence-corrected chi connectivity index (χ3v) is 3.50. The number of hydrogen-bond donors (Lipinski definition) is 2. The number of carboxylic acids is 2. The van der Waals surface area contributed by atoms with Crippen LogP contribution in [-0.2, 0) is 9.59 Å². The molecule has 21 heavy (non-hydrogen) atoms. The molecule has 0 bridgehead atoms. The summed E-state index contributed by atoms with van der Waals surface area (Å²) in [5, 5.41) is 18.5. The maximum atomic E-state index is 11.3. The highest BCUT2D eigenvalue weighted by Gasteiger charge is 2.27. The number of hydrogen-bond acceptors (Lipinski definition) is 3. The van der Waals surface area contributed by atoms with E-state index in [0.717, 1.165) is 12.8 Å². The second-order valence-electron chi connectivity index (χ2n) is 5.08. The molecule has 0 radical (unpaired) electrons. The van der Waals surface area contributed by atoms with Gasteiger partial charge in [-0.2, -0.15) is 0 Å². The van der Waals surface area contributed by atoms with E-state index < -0.39 is 23.8 Å². The monoisotopic (exact) mass is 294 g/mol. The van der Waals surface area contributed by atoms with Gasteiger partial charge < -0.3 is 14.9 Å². The average molecular weight is 294 g/mol. The Balaban J connectivity index is 3.26. The fraction of sp³-hybridized carbons (Fsp3) is 0.500. The van der Waals surface area contributed by atoms with Crippen LogP contribution in [0.5, 0.6) is 5.75 Å². The maximum Gasteiger partial charge on any atom is 0.310 e. The molecule has 0 saturated heterocycles. The molecule has 0 aromatic heterocycles. The zero-order valence-corrected chi connectivity index (χ0v) is 12.6. The highest BCUT2D eigenvalue weighted by Crippen LogP contribution is 2.34. The number of carboxylic acid groups (broad SMARTS) is 2. The lowest BCUT2D eigenvalue weighted by Crippen LogP contribution is -2.17. The van der Waals surface area contributed by atoms with E-state index in [0.29, 0.717) is 23.5 Å². The minimum Gasteiger partial charge on any atom is -0.493 e. The summed E-state index contributed by atoms with van der Waals surface area (Å²) in [6, 6.07) is 5.05. The molecular weight excluding hydrogens is 272 g/mol. The van der Waals surface area contributed by atoms with Gasteiger partial charge >= 0.3 is 11.9 Å². The topological polar surface area (TPSA) is 83.8 Å². The predicted molar refractivity (Wildman–Crippen MR) is 78.9 cm³/mol. The van der Waals surface area contributed by atoms with Crippen molar-refractivity contribution < 1.29 is 24.5 Å². The molecule has 2 unspecified atom stereocenters. The smallest absolute Gasteiger partial charge is 0.310 e. The van der Waals surface area contributed by atoms with Crippen LogP contribution in [-0.4, -0.2) is 28.8 Å². The first-order valence-electron chi connectivity index (χ1n) is 7.11. The lowest BCUT2D eigenvalue weighted by Gasteiger charge is -2.20. The standard InChI is InChI=1S/C16H22O5/c1-4-5-9-21-13-8-6-7-12(10(2)15(17)18)14(13)11(3)16(19)20/h6-8,10-11H,4-5,9H2,1-3H3,(H,17,18)(H,19,20). The first-order valence-corrected chi connectivity index (χ1v) is 7.11. The van der Waals surface area contributed by atoms with E-state index in [2.05, 4.69) is 0 Å². The molecule has 2 N–H and O–H groups in total. The first-order chi connectivity index (χ1) is 9.90. The van der Waals surface area contributed by atoms with Crippen molar-refractivity contribution in [1.82, 2.24) is 0 Å². The second-order valence-corrected chi connectivity index (χ2v) is 5.08. The van der Waals surface area contributed by atoms with Crippen LogP contribution in [0.3, 0.4) is 0 Å². The third-order valence-electron chi connectivity index (χ3n) is 3.50. The first kappa shape index (κ1) is 17.0. The summed E-state index contributed by atoms with van der Waals surface area (Å²) in [5.41, 5.74) is 0.947. The normalized spacial score (nSPS) is 13.5. The number of ether oxygens (including phenoxy) is 1. The third kappa shape index (κ3) is 4.21. The Morgan fingerprint density at radius 1 is 1.14 bits per heavy atom. The molecule has 1 rings (SSSR count). The van der Waals surface area contributed by atoms with Gasteiger partial charge in [-0.25, -0.2) is 0 Å². The molecule has 1 aromatic carbocycles. The van der Waals surface area contributed by atoms with Gasteiger partial charge in [0.1, 0.15) is 5.75 Å². The molecule has 0 amide bonds. The molecule has 1 aromatic rings. The maximum absolute atomic E-state index is 11.3. The van der Waals surface area contributed by atoms with Crippen molar-refractivity contribution in [3.63, 3.8) is 0 Å². The summed E-state index contributed by atoms with van der Waals surface area (Å²) in [5.74, 6) is -3.12. The molecule has 0 aliphatic carbocycles. The molecule has 0 saturated carbocycles. The van der Waals surface area contributed by atoms with Gasteiger partial charge in [-0.15, -0.1) is 0 Å². The van der Waals surface area contributed by atoms with Crippen molar-refractivity contribution in [2.75, 3.05) is 6.61 Å². The SMILES string of the molecule is CCCCOc1cccc(C(C)C(=O)O)c1C(C)C(=O)O. The van der Waals surface area contributed by atoms with Crippen molar-refractivity contribution >= 4 is 11.9 Å². The van der Waals surface area contributed by atoms with Crippen LogP contribution in [0.25, 0.3) is 0 Å². The van der Waals surface area contributed by atoms with E-state index in [-0.39, 0.29) is 0 Å². The Hall–Kier alpha value is -2.04. The fourth-order valence-electron chi connectivity index (χ4n) is 2.11. The van der Waals surface area contributed by atoms with Crippen LogP contribution in [0.1, 0.15) is 56.6 Å². The Morgan fingerprint density at radius 3 is 2.29 bits per heavy atom. The largest absolute Gasteiger partial charge is 0.493 e. The Kier molecular flexibility index (Phi) is 6.21. The quantitative estimate of drug-likeness (QED) is 0.719. The fourth-order valence-corrected chi connectivity index (χ4v) is 2.11. The van der Waals surface area contributed by atoms with E-state index >= 15 is 0 Å². The van der Waals surface area contributed by atoms with Crippen LogP contribution in [0.2, 0.25) is 0 Å². The molecule has 0 aliphatic rings. The lowest BCUT2D eigenvalue weighted by molar-refractivity contribution is -0.140. The summed E-state index contributed by atoms with van der Waals surface area (Å²) in [6.07, 6.45) is 1.83. The minimum absolute atomic E-state index is 0.455.